The first-order chi connectivity index (χ1) is 13.6. The van der Waals surface area contributed by atoms with E-state index in [0.29, 0.717) is 54.0 Å². The summed E-state index contributed by atoms with van der Waals surface area (Å²) in [6, 6.07) is 12.6. The minimum Gasteiger partial charge on any atom is -0.493 e. The van der Waals surface area contributed by atoms with Crippen LogP contribution in [0.2, 0.25) is 5.02 Å². The Bertz CT molecular complexity index is 864. The third-order valence-electron chi connectivity index (χ3n) is 4.41. The number of methoxy groups -OCH3 is 1. The summed E-state index contributed by atoms with van der Waals surface area (Å²) in [5.74, 6) is 0.985. The average Bonchev–Trinajstić information content (AvgIpc) is 2.72. The van der Waals surface area contributed by atoms with Gasteiger partial charge in [0, 0.05) is 17.6 Å². The van der Waals surface area contributed by atoms with E-state index < -0.39 is 5.97 Å². The normalized spacial score (nSPS) is 13.9. The highest BCUT2D eigenvalue weighted by molar-refractivity contribution is 6.30. The van der Waals surface area contributed by atoms with E-state index in [2.05, 4.69) is 5.32 Å². The fraction of sp³-hybridized carbons (Fsp3) is 0.286. The number of nitrogens with one attached hydrogen (secondary N) is 1. The van der Waals surface area contributed by atoms with Crippen LogP contribution in [0.25, 0.3) is 5.57 Å². The topological polar surface area (TPSA) is 77.0 Å². The van der Waals surface area contributed by atoms with Gasteiger partial charge < -0.3 is 24.6 Å². The molecule has 2 aromatic carbocycles. The van der Waals surface area contributed by atoms with E-state index in [4.69, 9.17) is 25.8 Å². The molecule has 1 aliphatic heterocycles. The first kappa shape index (κ1) is 20.0. The molecule has 0 amide bonds. The van der Waals surface area contributed by atoms with Crippen LogP contribution in [0.15, 0.2) is 48.0 Å². The summed E-state index contributed by atoms with van der Waals surface area (Å²) < 4.78 is 16.6. The van der Waals surface area contributed by atoms with Gasteiger partial charge in [0.15, 0.2) is 11.5 Å². The van der Waals surface area contributed by atoms with Gasteiger partial charge in [-0.3, -0.25) is 0 Å². The highest BCUT2D eigenvalue weighted by Crippen LogP contribution is 2.30. The lowest BCUT2D eigenvalue weighted by molar-refractivity contribution is -0.132. The van der Waals surface area contributed by atoms with Crippen LogP contribution in [0.4, 0.5) is 0 Å². The number of ether oxygens (including phenoxy) is 3. The molecule has 6 nitrogen and oxygen atoms in total. The van der Waals surface area contributed by atoms with E-state index in [1.54, 1.807) is 25.3 Å². The Morgan fingerprint density at radius 1 is 1.11 bits per heavy atom. The maximum absolute atomic E-state index is 11.4. The van der Waals surface area contributed by atoms with Crippen molar-refractivity contribution in [3.63, 3.8) is 0 Å². The molecule has 0 aliphatic carbocycles. The molecular weight excluding hydrogens is 382 g/mol. The molecule has 0 atom stereocenters. The lowest BCUT2D eigenvalue weighted by Crippen LogP contribution is -2.28. The molecule has 0 fully saturated rings. The Hall–Kier alpha value is -2.70. The molecule has 3 rings (SSSR count). The van der Waals surface area contributed by atoms with E-state index in [-0.39, 0.29) is 0 Å². The second-order valence-corrected chi connectivity index (χ2v) is 6.64. The first-order valence-corrected chi connectivity index (χ1v) is 9.32. The summed E-state index contributed by atoms with van der Waals surface area (Å²) in [5, 5.41) is 13.0. The molecule has 7 heteroatoms. The van der Waals surface area contributed by atoms with E-state index in [0.717, 1.165) is 17.7 Å². The molecule has 1 heterocycles. The highest BCUT2D eigenvalue weighted by Gasteiger charge is 2.19. The van der Waals surface area contributed by atoms with Gasteiger partial charge in [-0.1, -0.05) is 23.7 Å². The van der Waals surface area contributed by atoms with Gasteiger partial charge in [-0.2, -0.15) is 0 Å². The van der Waals surface area contributed by atoms with Crippen LogP contribution in [0.1, 0.15) is 12.0 Å². The van der Waals surface area contributed by atoms with Gasteiger partial charge in [0.2, 0.25) is 0 Å². The van der Waals surface area contributed by atoms with Crippen LogP contribution in [0.5, 0.6) is 17.2 Å². The first-order valence-electron chi connectivity index (χ1n) is 8.94. The molecule has 0 saturated carbocycles. The summed E-state index contributed by atoms with van der Waals surface area (Å²) >= 11 is 5.98. The largest absolute Gasteiger partial charge is 0.493 e. The summed E-state index contributed by atoms with van der Waals surface area (Å²) in [7, 11) is 1.57. The van der Waals surface area contributed by atoms with Crippen molar-refractivity contribution >= 4 is 23.1 Å². The number of benzene rings is 2. The summed E-state index contributed by atoms with van der Waals surface area (Å²) in [6.07, 6.45) is 0.692. The zero-order valence-corrected chi connectivity index (χ0v) is 16.3. The van der Waals surface area contributed by atoms with Crippen LogP contribution >= 0.6 is 11.6 Å². The monoisotopic (exact) mass is 403 g/mol. The van der Waals surface area contributed by atoms with E-state index >= 15 is 0 Å². The molecule has 2 aromatic rings. The second kappa shape index (κ2) is 9.48. The minimum absolute atomic E-state index is 0.332. The number of halogens is 1. The summed E-state index contributed by atoms with van der Waals surface area (Å²) in [6.45, 7) is 1.84. The van der Waals surface area contributed by atoms with Gasteiger partial charge in [-0.05, 0) is 48.4 Å². The van der Waals surface area contributed by atoms with Gasteiger partial charge in [-0.25, -0.2) is 4.79 Å². The Morgan fingerprint density at radius 2 is 1.86 bits per heavy atom. The number of rotatable bonds is 8. The van der Waals surface area contributed by atoms with Gasteiger partial charge in [0.25, 0.3) is 0 Å². The number of hydrogen-bond donors (Lipinski definition) is 2. The molecule has 0 bridgehead atoms. The van der Waals surface area contributed by atoms with Crippen LogP contribution < -0.4 is 19.5 Å². The Kier molecular flexibility index (Phi) is 6.79. The number of carboxylic acid groups (broad SMARTS) is 1. The van der Waals surface area contributed by atoms with Crippen molar-refractivity contribution in [1.29, 1.82) is 0 Å². The molecule has 0 spiro atoms. The number of hydrogen-bond acceptors (Lipinski definition) is 5. The number of carbonyl (C=O) groups is 1. The van der Waals surface area contributed by atoms with Gasteiger partial charge in [0.1, 0.15) is 19.0 Å². The molecule has 0 aromatic heterocycles. The molecule has 28 heavy (non-hydrogen) atoms. The van der Waals surface area contributed by atoms with Crippen molar-refractivity contribution in [2.45, 2.75) is 6.42 Å². The molecular formula is C21H22ClNO5. The summed E-state index contributed by atoms with van der Waals surface area (Å²) in [5.41, 5.74) is 2.20. The lowest BCUT2D eigenvalue weighted by Gasteiger charge is -2.19. The smallest absolute Gasteiger partial charge is 0.333 e. The predicted molar refractivity (Wildman–Crippen MR) is 107 cm³/mol. The third kappa shape index (κ3) is 4.97. The fourth-order valence-electron chi connectivity index (χ4n) is 3.03. The minimum atomic E-state index is -0.879. The van der Waals surface area contributed by atoms with Crippen molar-refractivity contribution in [2.75, 3.05) is 33.4 Å². The molecule has 0 unspecified atom stereocenters. The molecule has 0 saturated heterocycles. The number of carboxylic acids is 1. The maximum Gasteiger partial charge on any atom is 0.333 e. The lowest BCUT2D eigenvalue weighted by atomic mass is 9.94. The summed E-state index contributed by atoms with van der Waals surface area (Å²) in [4.78, 5) is 11.4. The second-order valence-electron chi connectivity index (χ2n) is 6.21. The Labute approximate surface area is 168 Å². The van der Waals surface area contributed by atoms with Gasteiger partial charge >= 0.3 is 5.97 Å². The van der Waals surface area contributed by atoms with Crippen LogP contribution in [0.3, 0.4) is 0 Å². The fourth-order valence-corrected chi connectivity index (χ4v) is 3.20. The Morgan fingerprint density at radius 3 is 2.57 bits per heavy atom. The predicted octanol–water partition coefficient (Wildman–Crippen LogP) is 3.64. The van der Waals surface area contributed by atoms with Crippen molar-refractivity contribution in [1.82, 2.24) is 5.32 Å². The van der Waals surface area contributed by atoms with Crippen LogP contribution in [0, 0.1) is 0 Å². The van der Waals surface area contributed by atoms with Crippen molar-refractivity contribution in [3.8, 4) is 17.2 Å². The Balaban J connectivity index is 1.57. The third-order valence-corrected chi connectivity index (χ3v) is 4.65. The molecule has 2 N–H and O–H groups in total. The van der Waals surface area contributed by atoms with E-state index in [1.165, 1.54) is 0 Å². The van der Waals surface area contributed by atoms with Crippen LogP contribution in [-0.2, 0) is 4.79 Å². The zero-order valence-electron chi connectivity index (χ0n) is 15.5. The van der Waals surface area contributed by atoms with Crippen molar-refractivity contribution < 1.29 is 24.1 Å². The molecule has 1 aliphatic rings. The molecule has 0 radical (unpaired) electrons. The quantitative estimate of drug-likeness (QED) is 0.655. The van der Waals surface area contributed by atoms with E-state index in [9.17, 15) is 9.90 Å². The standard InChI is InChI=1S/C21H22ClNO5/c1-26-19-7-4-15(22)12-20(19)28-11-10-27-16-5-2-14(3-6-16)17-8-9-23-13-18(17)21(24)25/h2-7,12,23H,8-11,13H2,1H3,(H,24,25). The van der Waals surface area contributed by atoms with Crippen molar-refractivity contribution in [3.05, 3.63) is 58.6 Å². The van der Waals surface area contributed by atoms with Crippen molar-refractivity contribution in [2.24, 2.45) is 0 Å². The average molecular weight is 404 g/mol. The highest BCUT2D eigenvalue weighted by atomic mass is 35.5. The number of aliphatic carboxylic acids is 1. The van der Waals surface area contributed by atoms with E-state index in [1.807, 2.05) is 24.3 Å². The zero-order chi connectivity index (χ0) is 19.9. The SMILES string of the molecule is COc1ccc(Cl)cc1OCCOc1ccc(C2=C(C(=O)O)CNCC2)cc1. The van der Waals surface area contributed by atoms with Crippen LogP contribution in [-0.4, -0.2) is 44.5 Å². The maximum atomic E-state index is 11.4. The van der Waals surface area contributed by atoms with Gasteiger partial charge in [0.05, 0.1) is 12.7 Å². The molecule has 148 valence electrons. The van der Waals surface area contributed by atoms with Gasteiger partial charge in [-0.15, -0.1) is 0 Å².